The van der Waals surface area contributed by atoms with Gasteiger partial charge in [0.05, 0.1) is 19.1 Å². The number of methoxy groups -OCH3 is 2. The number of carbonyl (C=O) groups excluding carboxylic acids is 1. The van der Waals surface area contributed by atoms with Crippen LogP contribution >= 0.6 is 0 Å². The average Bonchev–Trinajstić information content (AvgIpc) is 2.92. The van der Waals surface area contributed by atoms with Gasteiger partial charge in [0.2, 0.25) is 0 Å². The lowest BCUT2D eigenvalue weighted by molar-refractivity contribution is -0.153. The molecule has 40 heavy (non-hydrogen) atoms. The SMILES string of the molecule is COC(=O)[C@@H]1CC[C@]12CCCc1ccc(OCc3ccc(-c4cc(C)ccc4F)c([C@H](OC)C(C)(C)C)c3)cc12. The van der Waals surface area contributed by atoms with Gasteiger partial charge in [0, 0.05) is 18.1 Å². The number of rotatable bonds is 7. The summed E-state index contributed by atoms with van der Waals surface area (Å²) < 4.78 is 32.5. The van der Waals surface area contributed by atoms with Crippen LogP contribution in [0.1, 0.15) is 80.4 Å². The number of benzene rings is 3. The lowest BCUT2D eigenvalue weighted by Gasteiger charge is -2.51. The zero-order valence-electron chi connectivity index (χ0n) is 24.6. The molecule has 5 rings (SSSR count). The normalized spacial score (nSPS) is 20.9. The van der Waals surface area contributed by atoms with Crippen molar-refractivity contribution in [1.82, 2.24) is 0 Å². The van der Waals surface area contributed by atoms with E-state index in [-0.39, 0.29) is 34.6 Å². The van der Waals surface area contributed by atoms with Gasteiger partial charge in [0.25, 0.3) is 0 Å². The predicted molar refractivity (Wildman–Crippen MR) is 156 cm³/mol. The molecule has 0 radical (unpaired) electrons. The van der Waals surface area contributed by atoms with E-state index in [1.54, 1.807) is 13.2 Å². The Labute approximate surface area is 237 Å². The minimum absolute atomic E-state index is 0.0766. The molecular weight excluding hydrogens is 503 g/mol. The fourth-order valence-electron chi connectivity index (χ4n) is 6.92. The maximum absolute atomic E-state index is 15.0. The Bertz CT molecular complexity index is 1400. The molecule has 0 saturated heterocycles. The minimum Gasteiger partial charge on any atom is -0.489 e. The number of hydrogen-bond donors (Lipinski definition) is 0. The highest BCUT2D eigenvalue weighted by Crippen LogP contribution is 2.56. The summed E-state index contributed by atoms with van der Waals surface area (Å²) in [4.78, 5) is 12.5. The van der Waals surface area contributed by atoms with Gasteiger partial charge in [-0.05, 0) is 103 Å². The number of aryl methyl sites for hydroxylation is 2. The Balaban J connectivity index is 1.46. The van der Waals surface area contributed by atoms with Crippen LogP contribution < -0.4 is 4.74 Å². The summed E-state index contributed by atoms with van der Waals surface area (Å²) in [7, 11) is 3.19. The minimum atomic E-state index is -0.246. The van der Waals surface area contributed by atoms with Gasteiger partial charge >= 0.3 is 5.97 Å². The summed E-state index contributed by atoms with van der Waals surface area (Å²) in [6.07, 6.45) is 4.77. The Morgan fingerprint density at radius 3 is 2.50 bits per heavy atom. The van der Waals surface area contributed by atoms with Gasteiger partial charge in [-0.2, -0.15) is 0 Å². The van der Waals surface area contributed by atoms with Crippen LogP contribution in [-0.2, 0) is 32.7 Å². The van der Waals surface area contributed by atoms with Gasteiger partial charge in [-0.15, -0.1) is 0 Å². The van der Waals surface area contributed by atoms with E-state index in [1.807, 2.05) is 31.2 Å². The number of carbonyl (C=O) groups is 1. The Hall–Kier alpha value is -3.18. The topological polar surface area (TPSA) is 44.8 Å². The number of halogens is 1. The zero-order valence-corrected chi connectivity index (χ0v) is 24.6. The fourth-order valence-corrected chi connectivity index (χ4v) is 6.92. The second-order valence-electron chi connectivity index (χ2n) is 12.6. The van der Waals surface area contributed by atoms with Crippen molar-refractivity contribution in [3.63, 3.8) is 0 Å². The van der Waals surface area contributed by atoms with Crippen molar-refractivity contribution in [1.29, 1.82) is 0 Å². The largest absolute Gasteiger partial charge is 0.489 e. The van der Waals surface area contributed by atoms with Crippen molar-refractivity contribution in [2.75, 3.05) is 14.2 Å². The maximum atomic E-state index is 15.0. The van der Waals surface area contributed by atoms with E-state index >= 15 is 4.39 Å². The highest BCUT2D eigenvalue weighted by atomic mass is 19.1. The van der Waals surface area contributed by atoms with E-state index < -0.39 is 0 Å². The van der Waals surface area contributed by atoms with E-state index in [0.29, 0.717) is 12.2 Å². The molecule has 1 fully saturated rings. The van der Waals surface area contributed by atoms with Crippen LogP contribution in [0.15, 0.2) is 54.6 Å². The van der Waals surface area contributed by atoms with Gasteiger partial charge in [0.1, 0.15) is 18.2 Å². The summed E-state index contributed by atoms with van der Waals surface area (Å²) in [5.74, 6) is 0.371. The standard InChI is InChI=1S/C35H41FO4/c1-22-9-14-31(36)27(18-22)26-13-10-23(19-28(26)32(38-5)34(2,3)4)21-40-25-12-11-24-8-7-16-35(30(24)20-25)17-15-29(35)33(37)39-6/h9-14,18-20,29,32H,7-8,15-17,21H2,1-6H3/t29-,32-,35+/m0/s1. The van der Waals surface area contributed by atoms with E-state index in [9.17, 15) is 4.79 Å². The van der Waals surface area contributed by atoms with Gasteiger partial charge in [-0.3, -0.25) is 4.79 Å². The van der Waals surface area contributed by atoms with Crippen molar-refractivity contribution in [2.45, 2.75) is 77.9 Å². The quantitative estimate of drug-likeness (QED) is 0.281. The molecular formula is C35H41FO4. The molecule has 1 saturated carbocycles. The molecule has 0 N–H and O–H groups in total. The smallest absolute Gasteiger partial charge is 0.309 e. The average molecular weight is 545 g/mol. The lowest BCUT2D eigenvalue weighted by atomic mass is 9.52. The molecule has 0 amide bonds. The summed E-state index contributed by atoms with van der Waals surface area (Å²) in [6, 6.07) is 17.6. The van der Waals surface area contributed by atoms with Crippen LogP contribution in [0.2, 0.25) is 0 Å². The monoisotopic (exact) mass is 544 g/mol. The van der Waals surface area contributed by atoms with E-state index in [1.165, 1.54) is 24.3 Å². The first kappa shape index (κ1) is 28.4. The van der Waals surface area contributed by atoms with E-state index in [2.05, 4.69) is 39.0 Å². The van der Waals surface area contributed by atoms with Crippen molar-refractivity contribution < 1.29 is 23.4 Å². The second kappa shape index (κ2) is 11.0. The van der Waals surface area contributed by atoms with Gasteiger partial charge in [0.15, 0.2) is 0 Å². The van der Waals surface area contributed by atoms with E-state index in [0.717, 1.165) is 60.1 Å². The molecule has 3 atom stereocenters. The molecule has 2 aliphatic rings. The summed E-state index contributed by atoms with van der Waals surface area (Å²) in [5.41, 5.74) is 6.58. The Morgan fingerprint density at radius 2 is 1.82 bits per heavy atom. The third-order valence-corrected chi connectivity index (χ3v) is 8.96. The van der Waals surface area contributed by atoms with Crippen LogP contribution in [0.3, 0.4) is 0 Å². The first-order valence-corrected chi connectivity index (χ1v) is 14.3. The number of fused-ring (bicyclic) bond motifs is 2. The predicted octanol–water partition coefficient (Wildman–Crippen LogP) is 8.27. The number of ether oxygens (including phenoxy) is 3. The van der Waals surface area contributed by atoms with Gasteiger partial charge in [-0.25, -0.2) is 4.39 Å². The molecule has 2 aliphatic carbocycles. The third kappa shape index (κ3) is 5.16. The number of esters is 1. The van der Waals surface area contributed by atoms with Gasteiger partial charge in [-0.1, -0.05) is 50.6 Å². The first-order chi connectivity index (χ1) is 19.1. The molecule has 0 unspecified atom stereocenters. The van der Waals surface area contributed by atoms with Crippen LogP contribution in [-0.4, -0.2) is 20.2 Å². The molecule has 4 nitrogen and oxygen atoms in total. The molecule has 5 heteroatoms. The Morgan fingerprint density at radius 1 is 1.02 bits per heavy atom. The fraction of sp³-hybridized carbons (Fsp3) is 0.457. The van der Waals surface area contributed by atoms with Crippen LogP contribution in [0, 0.1) is 24.1 Å². The summed E-state index contributed by atoms with van der Waals surface area (Å²) in [6.45, 7) is 8.74. The zero-order chi connectivity index (χ0) is 28.7. The summed E-state index contributed by atoms with van der Waals surface area (Å²) in [5, 5.41) is 0. The lowest BCUT2D eigenvalue weighted by Crippen LogP contribution is -2.50. The van der Waals surface area contributed by atoms with E-state index in [4.69, 9.17) is 14.2 Å². The van der Waals surface area contributed by atoms with Crippen molar-refractivity contribution >= 4 is 5.97 Å². The molecule has 3 aromatic carbocycles. The van der Waals surface area contributed by atoms with Crippen LogP contribution in [0.5, 0.6) is 5.75 Å². The molecule has 3 aromatic rings. The van der Waals surface area contributed by atoms with Crippen molar-refractivity contribution in [3.8, 4) is 16.9 Å². The molecule has 0 aromatic heterocycles. The van der Waals surface area contributed by atoms with Crippen molar-refractivity contribution in [2.24, 2.45) is 11.3 Å². The summed E-state index contributed by atoms with van der Waals surface area (Å²) >= 11 is 0. The third-order valence-electron chi connectivity index (χ3n) is 8.96. The molecule has 0 heterocycles. The van der Waals surface area contributed by atoms with Crippen LogP contribution in [0.4, 0.5) is 4.39 Å². The molecule has 212 valence electrons. The molecule has 1 spiro atoms. The molecule has 0 bridgehead atoms. The number of hydrogen-bond acceptors (Lipinski definition) is 4. The highest BCUT2D eigenvalue weighted by Gasteiger charge is 2.53. The Kier molecular flexibility index (Phi) is 7.80. The second-order valence-corrected chi connectivity index (χ2v) is 12.6. The van der Waals surface area contributed by atoms with Gasteiger partial charge < -0.3 is 14.2 Å². The van der Waals surface area contributed by atoms with Crippen molar-refractivity contribution in [3.05, 3.63) is 88.2 Å². The highest BCUT2D eigenvalue weighted by molar-refractivity contribution is 5.76. The van der Waals surface area contributed by atoms with Crippen LogP contribution in [0.25, 0.3) is 11.1 Å². The maximum Gasteiger partial charge on any atom is 0.309 e. The molecule has 0 aliphatic heterocycles. The first-order valence-electron chi connectivity index (χ1n) is 14.3.